The van der Waals surface area contributed by atoms with Crippen LogP contribution < -0.4 is 0 Å². The first kappa shape index (κ1) is 8.53. The fraction of sp³-hybridized carbons (Fsp3) is 0.875. The van der Waals surface area contributed by atoms with Crippen molar-refractivity contribution in [2.45, 2.75) is 19.3 Å². The van der Waals surface area contributed by atoms with E-state index >= 15 is 0 Å². The van der Waals surface area contributed by atoms with E-state index in [1.54, 1.807) is 11.9 Å². The van der Waals surface area contributed by atoms with Crippen LogP contribution in [-0.4, -0.2) is 36.1 Å². The second-order valence-electron chi connectivity index (χ2n) is 3.14. The molecule has 1 amide bonds. The van der Waals surface area contributed by atoms with Gasteiger partial charge in [0.2, 0.25) is 5.91 Å². The van der Waals surface area contributed by atoms with Gasteiger partial charge in [-0.3, -0.25) is 4.79 Å². The molecule has 1 atom stereocenters. The normalized spacial score (nSPS) is 26.9. The highest BCUT2D eigenvalue weighted by molar-refractivity contribution is 5.78. The third-order valence-electron chi connectivity index (χ3n) is 2.24. The molecule has 0 aliphatic carbocycles. The fourth-order valence-electron chi connectivity index (χ4n) is 1.45. The molecule has 0 aromatic rings. The van der Waals surface area contributed by atoms with Crippen molar-refractivity contribution < 1.29 is 9.90 Å². The van der Waals surface area contributed by atoms with Gasteiger partial charge in [0.05, 0.1) is 12.5 Å². The highest BCUT2D eigenvalue weighted by Crippen LogP contribution is 2.15. The summed E-state index contributed by atoms with van der Waals surface area (Å²) in [6, 6.07) is 0. The van der Waals surface area contributed by atoms with Crippen LogP contribution in [0.25, 0.3) is 0 Å². The molecular formula is C8H15NO2. The third-order valence-corrected chi connectivity index (χ3v) is 2.24. The first-order valence-corrected chi connectivity index (χ1v) is 4.11. The van der Waals surface area contributed by atoms with Crippen molar-refractivity contribution in [1.29, 1.82) is 0 Å². The molecule has 1 heterocycles. The van der Waals surface area contributed by atoms with Gasteiger partial charge in [-0.15, -0.1) is 0 Å². The predicted molar refractivity (Wildman–Crippen MR) is 42.1 cm³/mol. The number of aliphatic hydroxyl groups is 1. The Labute approximate surface area is 67.0 Å². The second-order valence-corrected chi connectivity index (χ2v) is 3.14. The molecule has 1 aliphatic heterocycles. The van der Waals surface area contributed by atoms with E-state index in [9.17, 15) is 4.79 Å². The van der Waals surface area contributed by atoms with Crippen LogP contribution in [0, 0.1) is 5.92 Å². The van der Waals surface area contributed by atoms with E-state index in [-0.39, 0.29) is 18.4 Å². The molecule has 0 aromatic carbocycles. The molecule has 1 saturated heterocycles. The predicted octanol–water partition coefficient (Wildman–Crippen LogP) is 0.237. The van der Waals surface area contributed by atoms with Gasteiger partial charge < -0.3 is 10.0 Å². The molecule has 1 N–H and O–H groups in total. The number of carbonyl (C=O) groups is 1. The van der Waals surface area contributed by atoms with Gasteiger partial charge in [-0.1, -0.05) is 6.42 Å². The quantitative estimate of drug-likeness (QED) is 0.592. The standard InChI is InChI=1S/C8H15NO2/c1-9-5-3-2-4-7(6-10)8(9)11/h7,10H,2-6H2,1H3/t7-/m1/s1. The molecule has 11 heavy (non-hydrogen) atoms. The summed E-state index contributed by atoms with van der Waals surface area (Å²) in [5, 5.41) is 8.86. The second kappa shape index (κ2) is 3.72. The van der Waals surface area contributed by atoms with Gasteiger partial charge >= 0.3 is 0 Å². The van der Waals surface area contributed by atoms with Crippen molar-refractivity contribution >= 4 is 5.91 Å². The molecule has 0 radical (unpaired) electrons. The summed E-state index contributed by atoms with van der Waals surface area (Å²) in [7, 11) is 1.80. The van der Waals surface area contributed by atoms with Crippen molar-refractivity contribution in [3.8, 4) is 0 Å². The van der Waals surface area contributed by atoms with Crippen molar-refractivity contribution in [3.05, 3.63) is 0 Å². The molecule has 0 bridgehead atoms. The maximum Gasteiger partial charge on any atom is 0.227 e. The summed E-state index contributed by atoms with van der Waals surface area (Å²) >= 11 is 0. The first-order valence-electron chi connectivity index (χ1n) is 4.11. The molecule has 3 heteroatoms. The lowest BCUT2D eigenvalue weighted by molar-refractivity contribution is -0.134. The largest absolute Gasteiger partial charge is 0.396 e. The minimum absolute atomic E-state index is 0.00315. The number of hydrogen-bond donors (Lipinski definition) is 1. The van der Waals surface area contributed by atoms with Gasteiger partial charge in [-0.2, -0.15) is 0 Å². The molecule has 0 unspecified atom stereocenters. The summed E-state index contributed by atoms with van der Waals surface area (Å²) < 4.78 is 0. The van der Waals surface area contributed by atoms with Gasteiger partial charge in [0.15, 0.2) is 0 Å². The van der Waals surface area contributed by atoms with Crippen LogP contribution in [0.15, 0.2) is 0 Å². The van der Waals surface area contributed by atoms with Gasteiger partial charge in [0.1, 0.15) is 0 Å². The van der Waals surface area contributed by atoms with E-state index in [1.165, 1.54) is 0 Å². The minimum Gasteiger partial charge on any atom is -0.396 e. The van der Waals surface area contributed by atoms with Crippen LogP contribution >= 0.6 is 0 Å². The number of rotatable bonds is 1. The maximum atomic E-state index is 11.3. The summed E-state index contributed by atoms with van der Waals surface area (Å²) in [6.45, 7) is 0.846. The highest BCUT2D eigenvalue weighted by Gasteiger charge is 2.23. The Hall–Kier alpha value is -0.570. The summed E-state index contributed by atoms with van der Waals surface area (Å²) in [4.78, 5) is 13.1. The molecule has 0 spiro atoms. The Morgan fingerprint density at radius 2 is 2.36 bits per heavy atom. The smallest absolute Gasteiger partial charge is 0.227 e. The lowest BCUT2D eigenvalue weighted by atomic mass is 10.0. The third kappa shape index (κ3) is 1.93. The van der Waals surface area contributed by atoms with E-state index in [2.05, 4.69) is 0 Å². The lowest BCUT2D eigenvalue weighted by Crippen LogP contribution is -2.32. The fourth-order valence-corrected chi connectivity index (χ4v) is 1.45. The number of amides is 1. The maximum absolute atomic E-state index is 11.3. The molecule has 3 nitrogen and oxygen atoms in total. The SMILES string of the molecule is CN1CCCC[C@H](CO)C1=O. The lowest BCUT2D eigenvalue weighted by Gasteiger charge is -2.17. The Bertz CT molecular complexity index is 147. The Kier molecular flexibility index (Phi) is 2.88. The van der Waals surface area contributed by atoms with E-state index in [0.29, 0.717) is 0 Å². The molecular weight excluding hydrogens is 142 g/mol. The van der Waals surface area contributed by atoms with E-state index in [1.807, 2.05) is 0 Å². The summed E-state index contributed by atoms with van der Waals surface area (Å²) in [5.41, 5.74) is 0. The first-order chi connectivity index (χ1) is 5.25. The van der Waals surface area contributed by atoms with Crippen molar-refractivity contribution in [2.75, 3.05) is 20.2 Å². The van der Waals surface area contributed by atoms with Gasteiger partial charge in [-0.05, 0) is 12.8 Å². The average molecular weight is 157 g/mol. The number of carbonyl (C=O) groups excluding carboxylic acids is 1. The monoisotopic (exact) mass is 157 g/mol. The van der Waals surface area contributed by atoms with Gasteiger partial charge in [0, 0.05) is 13.6 Å². The Morgan fingerprint density at radius 3 is 3.00 bits per heavy atom. The van der Waals surface area contributed by atoms with E-state index in [0.717, 1.165) is 25.8 Å². The van der Waals surface area contributed by atoms with Crippen molar-refractivity contribution in [1.82, 2.24) is 4.90 Å². The van der Waals surface area contributed by atoms with E-state index in [4.69, 9.17) is 5.11 Å². The van der Waals surface area contributed by atoms with Crippen LogP contribution in [0.3, 0.4) is 0 Å². The van der Waals surface area contributed by atoms with Crippen LogP contribution in [-0.2, 0) is 4.79 Å². The molecule has 64 valence electrons. The number of hydrogen-bond acceptors (Lipinski definition) is 2. The van der Waals surface area contributed by atoms with Crippen molar-refractivity contribution in [3.63, 3.8) is 0 Å². The molecule has 1 fully saturated rings. The molecule has 1 rings (SSSR count). The zero-order chi connectivity index (χ0) is 8.27. The molecule has 1 aliphatic rings. The minimum atomic E-state index is -0.137. The number of nitrogens with zero attached hydrogens (tertiary/aromatic N) is 1. The average Bonchev–Trinajstić information content (AvgIpc) is 2.16. The summed E-state index contributed by atoms with van der Waals surface area (Å²) in [6.07, 6.45) is 2.97. The molecule has 0 saturated carbocycles. The van der Waals surface area contributed by atoms with Crippen LogP contribution in [0.2, 0.25) is 0 Å². The van der Waals surface area contributed by atoms with E-state index < -0.39 is 0 Å². The Balaban J connectivity index is 2.56. The zero-order valence-electron chi connectivity index (χ0n) is 6.92. The van der Waals surface area contributed by atoms with Crippen molar-refractivity contribution in [2.24, 2.45) is 5.92 Å². The highest BCUT2D eigenvalue weighted by atomic mass is 16.3. The topological polar surface area (TPSA) is 40.5 Å². The van der Waals surface area contributed by atoms with Gasteiger partial charge in [-0.25, -0.2) is 0 Å². The van der Waals surface area contributed by atoms with Crippen LogP contribution in [0.5, 0.6) is 0 Å². The van der Waals surface area contributed by atoms with Crippen LogP contribution in [0.4, 0.5) is 0 Å². The molecule has 0 aromatic heterocycles. The zero-order valence-corrected chi connectivity index (χ0v) is 6.92. The number of likely N-dealkylation sites (tertiary alicyclic amines) is 1. The summed E-state index contributed by atoms with van der Waals surface area (Å²) in [5.74, 6) is -0.0347. The number of aliphatic hydroxyl groups excluding tert-OH is 1. The Morgan fingerprint density at radius 1 is 1.64 bits per heavy atom. The van der Waals surface area contributed by atoms with Crippen LogP contribution in [0.1, 0.15) is 19.3 Å². The van der Waals surface area contributed by atoms with Gasteiger partial charge in [0.25, 0.3) is 0 Å².